The summed E-state index contributed by atoms with van der Waals surface area (Å²) in [5, 5.41) is 9.88. The van der Waals surface area contributed by atoms with Crippen molar-refractivity contribution in [2.75, 3.05) is 19.7 Å². The van der Waals surface area contributed by atoms with Crippen LogP contribution < -0.4 is 10.5 Å². The minimum absolute atomic E-state index is 0.257. The second-order valence-corrected chi connectivity index (χ2v) is 6.80. The monoisotopic (exact) mass is 382 g/mol. The number of carbonyl (C=O) groups is 3. The van der Waals surface area contributed by atoms with Crippen LogP contribution in [0.1, 0.15) is 28.8 Å². The summed E-state index contributed by atoms with van der Waals surface area (Å²) in [6.07, 6.45) is 0.644. The molecule has 1 aliphatic rings. The summed E-state index contributed by atoms with van der Waals surface area (Å²) in [5.74, 6) is -1.48. The normalized spacial score (nSPS) is 15.6. The molecule has 0 spiro atoms. The van der Waals surface area contributed by atoms with Crippen LogP contribution in [-0.2, 0) is 15.0 Å². The third-order valence-corrected chi connectivity index (χ3v) is 5.13. The van der Waals surface area contributed by atoms with E-state index in [9.17, 15) is 19.5 Å². The van der Waals surface area contributed by atoms with Crippen molar-refractivity contribution in [3.63, 3.8) is 0 Å². The molecular weight excluding hydrogens is 360 g/mol. The first-order chi connectivity index (χ1) is 13.4. The van der Waals surface area contributed by atoms with E-state index < -0.39 is 17.3 Å². The first kappa shape index (κ1) is 19.4. The Kier molecular flexibility index (Phi) is 5.63. The van der Waals surface area contributed by atoms with Crippen LogP contribution in [0.25, 0.3) is 0 Å². The smallest absolute Gasteiger partial charge is 0.314 e. The summed E-state index contributed by atoms with van der Waals surface area (Å²) in [7, 11) is 0. The molecular formula is C21H22N2O5. The number of nitrogens with two attached hydrogens (primary N) is 1. The van der Waals surface area contributed by atoms with Crippen molar-refractivity contribution in [2.24, 2.45) is 5.73 Å². The van der Waals surface area contributed by atoms with E-state index in [1.165, 1.54) is 0 Å². The van der Waals surface area contributed by atoms with Gasteiger partial charge in [-0.2, -0.15) is 0 Å². The molecule has 2 amide bonds. The molecule has 28 heavy (non-hydrogen) atoms. The predicted molar refractivity (Wildman–Crippen MR) is 102 cm³/mol. The van der Waals surface area contributed by atoms with Crippen LogP contribution in [0, 0.1) is 0 Å². The zero-order valence-electron chi connectivity index (χ0n) is 15.3. The number of ether oxygens (including phenoxy) is 1. The van der Waals surface area contributed by atoms with Gasteiger partial charge in [0, 0.05) is 13.1 Å². The quantitative estimate of drug-likeness (QED) is 0.792. The highest BCUT2D eigenvalue weighted by molar-refractivity contribution is 5.97. The molecule has 0 bridgehead atoms. The Bertz CT molecular complexity index is 873. The Hall–Kier alpha value is -3.35. The molecule has 0 saturated carbocycles. The van der Waals surface area contributed by atoms with Crippen LogP contribution in [0.2, 0.25) is 0 Å². The predicted octanol–water partition coefficient (Wildman–Crippen LogP) is 1.81. The maximum atomic E-state index is 13.0. The van der Waals surface area contributed by atoms with E-state index in [0.29, 0.717) is 31.5 Å². The maximum absolute atomic E-state index is 13.0. The first-order valence-corrected chi connectivity index (χ1v) is 9.02. The summed E-state index contributed by atoms with van der Waals surface area (Å²) < 4.78 is 5.34. The number of nitrogens with zero attached hydrogens (tertiary/aromatic N) is 1. The number of primary amides is 1. The van der Waals surface area contributed by atoms with Gasteiger partial charge in [0.15, 0.2) is 6.61 Å². The molecule has 7 nitrogen and oxygen atoms in total. The van der Waals surface area contributed by atoms with Gasteiger partial charge in [-0.1, -0.05) is 42.5 Å². The molecule has 146 valence electrons. The number of likely N-dealkylation sites (tertiary alicyclic amines) is 1. The van der Waals surface area contributed by atoms with Gasteiger partial charge in [0.1, 0.15) is 5.75 Å². The molecule has 3 N–H and O–H groups in total. The molecule has 0 aliphatic carbocycles. The van der Waals surface area contributed by atoms with Crippen LogP contribution in [0.4, 0.5) is 0 Å². The van der Waals surface area contributed by atoms with Crippen molar-refractivity contribution >= 4 is 17.8 Å². The average Bonchev–Trinajstić information content (AvgIpc) is 2.72. The van der Waals surface area contributed by atoms with Gasteiger partial charge in [0.2, 0.25) is 0 Å². The van der Waals surface area contributed by atoms with Gasteiger partial charge >= 0.3 is 5.97 Å². The number of carboxylic acids is 1. The molecule has 0 radical (unpaired) electrons. The fourth-order valence-corrected chi connectivity index (χ4v) is 3.56. The summed E-state index contributed by atoms with van der Waals surface area (Å²) in [6, 6.07) is 15.8. The largest absolute Gasteiger partial charge is 0.483 e. The highest BCUT2D eigenvalue weighted by atomic mass is 16.5. The molecule has 1 saturated heterocycles. The zero-order valence-corrected chi connectivity index (χ0v) is 15.3. The Morgan fingerprint density at radius 2 is 1.61 bits per heavy atom. The highest BCUT2D eigenvalue weighted by Gasteiger charge is 2.44. The minimum Gasteiger partial charge on any atom is -0.483 e. The molecule has 1 aliphatic heterocycles. The second kappa shape index (κ2) is 8.12. The van der Waals surface area contributed by atoms with Crippen molar-refractivity contribution in [3.05, 3.63) is 65.7 Å². The van der Waals surface area contributed by atoms with E-state index in [2.05, 4.69) is 0 Å². The van der Waals surface area contributed by atoms with E-state index >= 15 is 0 Å². The standard InChI is InChI=1S/C21H22N2O5/c22-18(24)14-28-17-9-5-4-8-16(17)19(25)23-12-10-21(11-13-23,20(26)27)15-6-2-1-3-7-15/h1-9H,10-14H2,(H2,22,24)(H,26,27). The van der Waals surface area contributed by atoms with E-state index in [-0.39, 0.29) is 18.3 Å². The number of rotatable bonds is 6. The Labute approximate surface area is 162 Å². The van der Waals surface area contributed by atoms with Crippen molar-refractivity contribution in [2.45, 2.75) is 18.3 Å². The van der Waals surface area contributed by atoms with Gasteiger partial charge in [-0.3, -0.25) is 14.4 Å². The molecule has 0 aromatic heterocycles. The van der Waals surface area contributed by atoms with Gasteiger partial charge in [-0.05, 0) is 30.5 Å². The number of piperidine rings is 1. The Balaban J connectivity index is 1.77. The van der Waals surface area contributed by atoms with Gasteiger partial charge in [-0.25, -0.2) is 0 Å². The van der Waals surface area contributed by atoms with Crippen LogP contribution in [0.3, 0.4) is 0 Å². The molecule has 0 atom stereocenters. The fraction of sp³-hybridized carbons (Fsp3) is 0.286. The lowest BCUT2D eigenvalue weighted by molar-refractivity contribution is -0.145. The third kappa shape index (κ3) is 3.83. The Morgan fingerprint density at radius 1 is 1.00 bits per heavy atom. The van der Waals surface area contributed by atoms with E-state index in [0.717, 1.165) is 5.56 Å². The lowest BCUT2D eigenvalue weighted by Crippen LogP contribution is -2.49. The van der Waals surface area contributed by atoms with Crippen molar-refractivity contribution in [1.82, 2.24) is 4.90 Å². The first-order valence-electron chi connectivity index (χ1n) is 9.02. The van der Waals surface area contributed by atoms with Gasteiger partial charge in [0.05, 0.1) is 11.0 Å². The van der Waals surface area contributed by atoms with Gasteiger partial charge in [-0.15, -0.1) is 0 Å². The number of hydrogen-bond donors (Lipinski definition) is 2. The number of benzene rings is 2. The van der Waals surface area contributed by atoms with Crippen LogP contribution in [0.5, 0.6) is 5.75 Å². The van der Waals surface area contributed by atoms with E-state index in [1.54, 1.807) is 29.2 Å². The van der Waals surface area contributed by atoms with E-state index in [4.69, 9.17) is 10.5 Å². The van der Waals surface area contributed by atoms with Crippen molar-refractivity contribution in [3.8, 4) is 5.75 Å². The number of hydrogen-bond acceptors (Lipinski definition) is 4. The molecule has 2 aromatic carbocycles. The molecule has 3 rings (SSSR count). The number of para-hydroxylation sites is 1. The van der Waals surface area contributed by atoms with Crippen LogP contribution in [0.15, 0.2) is 54.6 Å². The second-order valence-electron chi connectivity index (χ2n) is 6.80. The number of carboxylic acid groups (broad SMARTS) is 1. The van der Waals surface area contributed by atoms with Gasteiger partial charge in [0.25, 0.3) is 11.8 Å². The zero-order chi connectivity index (χ0) is 20.1. The summed E-state index contributed by atoms with van der Waals surface area (Å²) in [4.78, 5) is 37.6. The third-order valence-electron chi connectivity index (χ3n) is 5.13. The number of amides is 2. The lowest BCUT2D eigenvalue weighted by Gasteiger charge is -2.39. The van der Waals surface area contributed by atoms with Gasteiger partial charge < -0.3 is 20.5 Å². The summed E-state index contributed by atoms with van der Waals surface area (Å²) in [5.41, 5.74) is 5.18. The highest BCUT2D eigenvalue weighted by Crippen LogP contribution is 2.36. The van der Waals surface area contributed by atoms with Crippen LogP contribution >= 0.6 is 0 Å². The summed E-state index contributed by atoms with van der Waals surface area (Å²) in [6.45, 7) is 0.300. The molecule has 2 aromatic rings. The van der Waals surface area contributed by atoms with Crippen molar-refractivity contribution < 1.29 is 24.2 Å². The fourth-order valence-electron chi connectivity index (χ4n) is 3.56. The number of carbonyl (C=O) groups excluding carboxylic acids is 2. The van der Waals surface area contributed by atoms with E-state index in [1.807, 2.05) is 30.3 Å². The topological polar surface area (TPSA) is 110 Å². The SMILES string of the molecule is NC(=O)COc1ccccc1C(=O)N1CCC(C(=O)O)(c2ccccc2)CC1. The Morgan fingerprint density at radius 3 is 2.21 bits per heavy atom. The minimum atomic E-state index is -1.000. The lowest BCUT2D eigenvalue weighted by atomic mass is 9.72. The summed E-state index contributed by atoms with van der Waals surface area (Å²) >= 11 is 0. The average molecular weight is 382 g/mol. The molecule has 7 heteroatoms. The molecule has 0 unspecified atom stereocenters. The maximum Gasteiger partial charge on any atom is 0.314 e. The van der Waals surface area contributed by atoms with Crippen LogP contribution in [-0.4, -0.2) is 47.5 Å². The van der Waals surface area contributed by atoms with Crippen molar-refractivity contribution in [1.29, 1.82) is 0 Å². The molecule has 1 heterocycles. The molecule has 1 fully saturated rings. The number of aliphatic carboxylic acids is 1.